The third-order valence-corrected chi connectivity index (χ3v) is 6.13. The lowest BCUT2D eigenvalue weighted by molar-refractivity contribution is -0.137. The van der Waals surface area contributed by atoms with E-state index in [2.05, 4.69) is 10.2 Å². The zero-order valence-electron chi connectivity index (χ0n) is 20.2. The summed E-state index contributed by atoms with van der Waals surface area (Å²) >= 11 is 6.14. The molecular formula is C28H28ClN3O4. The van der Waals surface area contributed by atoms with E-state index in [0.29, 0.717) is 35.1 Å². The average molecular weight is 506 g/mol. The van der Waals surface area contributed by atoms with Gasteiger partial charge >= 0.3 is 5.97 Å². The molecule has 1 aliphatic rings. The molecule has 0 fully saturated rings. The molecule has 4 rings (SSSR count). The van der Waals surface area contributed by atoms with Gasteiger partial charge in [0.25, 0.3) is 0 Å². The number of fused-ring (bicyclic) bond motifs is 1. The minimum absolute atomic E-state index is 0.0580. The number of nitrogens with one attached hydrogen (secondary N) is 1. The van der Waals surface area contributed by atoms with Gasteiger partial charge in [-0.25, -0.2) is 0 Å². The largest absolute Gasteiger partial charge is 0.492 e. The molecule has 3 aromatic rings. The Morgan fingerprint density at radius 1 is 1.08 bits per heavy atom. The fourth-order valence-electron chi connectivity index (χ4n) is 4.00. The van der Waals surface area contributed by atoms with Crippen molar-refractivity contribution in [2.75, 3.05) is 32.6 Å². The van der Waals surface area contributed by atoms with Crippen molar-refractivity contribution in [1.82, 2.24) is 4.90 Å². The van der Waals surface area contributed by atoms with Crippen molar-refractivity contribution in [3.8, 4) is 5.75 Å². The highest BCUT2D eigenvalue weighted by Crippen LogP contribution is 2.38. The molecule has 1 unspecified atom stereocenters. The normalized spacial score (nSPS) is 15.1. The first-order valence-electron chi connectivity index (χ1n) is 11.7. The van der Waals surface area contributed by atoms with Crippen LogP contribution in [-0.4, -0.2) is 54.8 Å². The van der Waals surface area contributed by atoms with E-state index >= 15 is 0 Å². The second-order valence-corrected chi connectivity index (χ2v) is 9.32. The second kappa shape index (κ2) is 11.4. The molecule has 36 heavy (non-hydrogen) atoms. The molecule has 0 aliphatic carbocycles. The maximum Gasteiger partial charge on any atom is 0.303 e. The van der Waals surface area contributed by atoms with Crippen LogP contribution in [0.2, 0.25) is 5.02 Å². The van der Waals surface area contributed by atoms with Gasteiger partial charge in [-0.1, -0.05) is 41.9 Å². The van der Waals surface area contributed by atoms with Crippen molar-refractivity contribution >= 4 is 40.6 Å². The Labute approximate surface area is 215 Å². The summed E-state index contributed by atoms with van der Waals surface area (Å²) in [7, 11) is 3.99. The fraction of sp³-hybridized carbons (Fsp3) is 0.250. The number of hydrogen-bond acceptors (Lipinski definition) is 5. The van der Waals surface area contributed by atoms with Gasteiger partial charge in [0.1, 0.15) is 18.3 Å². The van der Waals surface area contributed by atoms with Crippen LogP contribution in [0.3, 0.4) is 0 Å². The molecule has 7 nitrogen and oxygen atoms in total. The van der Waals surface area contributed by atoms with Crippen LogP contribution in [-0.2, 0) is 16.0 Å². The van der Waals surface area contributed by atoms with Crippen molar-refractivity contribution in [2.24, 2.45) is 4.99 Å². The fourth-order valence-corrected chi connectivity index (χ4v) is 4.17. The first kappa shape index (κ1) is 25.4. The molecule has 8 heteroatoms. The van der Waals surface area contributed by atoms with Gasteiger partial charge < -0.3 is 20.1 Å². The molecule has 0 aromatic heterocycles. The first-order chi connectivity index (χ1) is 17.3. The number of nitrogens with zero attached hydrogens (tertiary/aromatic N) is 2. The number of ether oxygens (including phenoxy) is 1. The van der Waals surface area contributed by atoms with E-state index in [1.54, 1.807) is 12.1 Å². The lowest BCUT2D eigenvalue weighted by atomic mass is 9.90. The Balaban J connectivity index is 1.67. The van der Waals surface area contributed by atoms with Gasteiger partial charge in [0, 0.05) is 23.7 Å². The molecule has 2 N–H and O–H groups in total. The Kier molecular flexibility index (Phi) is 8.03. The molecule has 0 spiro atoms. The minimum Gasteiger partial charge on any atom is -0.492 e. The number of aryl methyl sites for hydroxylation is 1. The monoisotopic (exact) mass is 505 g/mol. The lowest BCUT2D eigenvalue weighted by Crippen LogP contribution is -2.22. The maximum absolute atomic E-state index is 13.1. The van der Waals surface area contributed by atoms with Crippen LogP contribution in [0.15, 0.2) is 71.7 Å². The second-order valence-electron chi connectivity index (χ2n) is 8.89. The Bertz CT molecular complexity index is 1270. The quantitative estimate of drug-likeness (QED) is 0.372. The first-order valence-corrected chi connectivity index (χ1v) is 12.1. The van der Waals surface area contributed by atoms with E-state index in [-0.39, 0.29) is 12.3 Å². The number of carboxylic acids is 1. The molecule has 0 saturated heterocycles. The van der Waals surface area contributed by atoms with Gasteiger partial charge in [0.15, 0.2) is 0 Å². The summed E-state index contributed by atoms with van der Waals surface area (Å²) in [5.41, 5.74) is 4.45. The van der Waals surface area contributed by atoms with Gasteiger partial charge in [0.05, 0.1) is 11.4 Å². The summed E-state index contributed by atoms with van der Waals surface area (Å²) in [6, 6.07) is 20.3. The van der Waals surface area contributed by atoms with Crippen LogP contribution in [0, 0.1) is 0 Å². The Morgan fingerprint density at radius 3 is 2.47 bits per heavy atom. The number of rotatable bonds is 10. The predicted octanol–water partition coefficient (Wildman–Crippen LogP) is 5.15. The third-order valence-electron chi connectivity index (χ3n) is 5.89. The summed E-state index contributed by atoms with van der Waals surface area (Å²) < 4.78 is 5.78. The van der Waals surface area contributed by atoms with E-state index in [1.165, 1.54) is 0 Å². The number of benzene rings is 3. The number of aliphatic imine (C=N–C) groups is 1. The summed E-state index contributed by atoms with van der Waals surface area (Å²) in [5.74, 6) is -0.880. The van der Waals surface area contributed by atoms with Crippen molar-refractivity contribution in [3.63, 3.8) is 0 Å². The van der Waals surface area contributed by atoms with Crippen molar-refractivity contribution in [3.05, 3.63) is 88.4 Å². The highest BCUT2D eigenvalue weighted by molar-refractivity contribution is 6.31. The molecule has 3 aromatic carbocycles. The highest BCUT2D eigenvalue weighted by atomic mass is 35.5. The predicted molar refractivity (Wildman–Crippen MR) is 142 cm³/mol. The van der Waals surface area contributed by atoms with Crippen LogP contribution in [0.1, 0.15) is 29.0 Å². The standard InChI is InChI=1S/C28H28ClN3O4/c1-32(2)15-16-36-22-11-9-21(10-12-22)30-27(19-6-3-18(4-7-19)5-14-25(33)34)26-23-13-8-20(29)17-24(23)31-28(26)35/h3-4,6-13,17,26H,5,14-16H2,1-2H3,(H,31,35)(H,33,34). The number of likely N-dealkylation sites (N-methyl/N-ethyl adjacent to an activating group) is 1. The van der Waals surface area contributed by atoms with Crippen molar-refractivity contribution < 1.29 is 19.4 Å². The Hall–Kier alpha value is -3.68. The highest BCUT2D eigenvalue weighted by Gasteiger charge is 2.35. The van der Waals surface area contributed by atoms with Crippen molar-refractivity contribution in [1.29, 1.82) is 0 Å². The van der Waals surface area contributed by atoms with Crippen LogP contribution in [0.25, 0.3) is 0 Å². The van der Waals surface area contributed by atoms with Gasteiger partial charge in [0.2, 0.25) is 5.91 Å². The SMILES string of the molecule is CN(C)CCOc1ccc(N=C(c2ccc(CCC(=O)O)cc2)C2C(=O)Nc3cc(Cl)ccc32)cc1. The summed E-state index contributed by atoms with van der Waals surface area (Å²) in [5, 5.41) is 12.4. The van der Waals surface area contributed by atoms with E-state index in [1.807, 2.05) is 68.7 Å². The number of hydrogen-bond donors (Lipinski definition) is 2. The smallest absolute Gasteiger partial charge is 0.303 e. The number of carbonyl (C=O) groups excluding carboxylic acids is 1. The van der Waals surface area contributed by atoms with E-state index < -0.39 is 11.9 Å². The topological polar surface area (TPSA) is 91.2 Å². The molecule has 186 valence electrons. The molecule has 1 heterocycles. The van der Waals surface area contributed by atoms with Gasteiger partial charge in [-0.05, 0) is 73.6 Å². The van der Waals surface area contributed by atoms with Gasteiger partial charge in [-0.3, -0.25) is 14.6 Å². The molecule has 1 atom stereocenters. The van der Waals surface area contributed by atoms with E-state index in [9.17, 15) is 9.59 Å². The molecular weight excluding hydrogens is 478 g/mol. The maximum atomic E-state index is 13.1. The Morgan fingerprint density at radius 2 is 1.81 bits per heavy atom. The minimum atomic E-state index is -0.839. The van der Waals surface area contributed by atoms with E-state index in [4.69, 9.17) is 26.4 Å². The van der Waals surface area contributed by atoms with Gasteiger partial charge in [-0.2, -0.15) is 0 Å². The summed E-state index contributed by atoms with van der Waals surface area (Å²) in [6.07, 6.45) is 0.491. The number of aliphatic carboxylic acids is 1. The molecule has 0 bridgehead atoms. The van der Waals surface area contributed by atoms with E-state index in [0.717, 1.165) is 29.0 Å². The number of amides is 1. The van der Waals surface area contributed by atoms with Crippen LogP contribution in [0.4, 0.5) is 11.4 Å². The number of carbonyl (C=O) groups is 2. The zero-order valence-corrected chi connectivity index (χ0v) is 21.0. The number of carboxylic acid groups (broad SMARTS) is 1. The van der Waals surface area contributed by atoms with Gasteiger partial charge in [-0.15, -0.1) is 0 Å². The molecule has 1 aliphatic heterocycles. The van der Waals surface area contributed by atoms with Crippen molar-refractivity contribution in [2.45, 2.75) is 18.8 Å². The lowest BCUT2D eigenvalue weighted by Gasteiger charge is -2.15. The van der Waals surface area contributed by atoms with Crippen LogP contribution >= 0.6 is 11.6 Å². The zero-order chi connectivity index (χ0) is 25.7. The third kappa shape index (κ3) is 6.30. The van der Waals surface area contributed by atoms with Crippen LogP contribution in [0.5, 0.6) is 5.75 Å². The molecule has 0 radical (unpaired) electrons. The number of anilines is 1. The molecule has 1 amide bonds. The summed E-state index contributed by atoms with van der Waals surface area (Å²) in [6.45, 7) is 1.39. The van der Waals surface area contributed by atoms with Crippen LogP contribution < -0.4 is 10.1 Å². The molecule has 0 saturated carbocycles. The summed E-state index contributed by atoms with van der Waals surface area (Å²) in [4.78, 5) is 31.0. The average Bonchev–Trinajstić information content (AvgIpc) is 3.16. The number of halogens is 1.